The largest absolute Gasteiger partial charge is 0.481 e. The van der Waals surface area contributed by atoms with Crippen molar-refractivity contribution in [3.05, 3.63) is 0 Å². The Morgan fingerprint density at radius 1 is 1.37 bits per heavy atom. The Kier molecular flexibility index (Phi) is 7.68. The van der Waals surface area contributed by atoms with Crippen molar-refractivity contribution in [1.82, 2.24) is 10.6 Å². The Labute approximate surface area is 116 Å². The van der Waals surface area contributed by atoms with Crippen LogP contribution in [0.3, 0.4) is 0 Å². The minimum Gasteiger partial charge on any atom is -0.481 e. The number of hydrogen-bond donors (Lipinski definition) is 3. The van der Waals surface area contributed by atoms with Crippen LogP contribution in [0.5, 0.6) is 0 Å². The van der Waals surface area contributed by atoms with Crippen molar-refractivity contribution in [2.45, 2.75) is 20.3 Å². The zero-order chi connectivity index (χ0) is 14.9. The highest BCUT2D eigenvalue weighted by molar-refractivity contribution is 7.99. The number of carboxylic acids is 1. The van der Waals surface area contributed by atoms with Crippen molar-refractivity contribution in [2.75, 3.05) is 18.1 Å². The van der Waals surface area contributed by atoms with Crippen molar-refractivity contribution in [1.29, 1.82) is 0 Å². The van der Waals surface area contributed by atoms with Gasteiger partial charge in [-0.1, -0.05) is 5.92 Å². The normalized spacial score (nSPS) is 10.4. The molecular formula is C12H18N2O4S. The molecule has 0 aliphatic heterocycles. The molecule has 19 heavy (non-hydrogen) atoms. The fraction of sp³-hybridized carbons (Fsp3) is 0.583. The molecule has 0 unspecified atom stereocenters. The predicted molar refractivity (Wildman–Crippen MR) is 73.7 cm³/mol. The van der Waals surface area contributed by atoms with Crippen LogP contribution in [0.1, 0.15) is 20.3 Å². The van der Waals surface area contributed by atoms with Gasteiger partial charge in [-0.2, -0.15) is 0 Å². The summed E-state index contributed by atoms with van der Waals surface area (Å²) in [7, 11) is 0. The van der Waals surface area contributed by atoms with Gasteiger partial charge >= 0.3 is 12.0 Å². The zero-order valence-electron chi connectivity index (χ0n) is 11.0. The van der Waals surface area contributed by atoms with Crippen molar-refractivity contribution in [3.8, 4) is 12.3 Å². The second-order valence-electron chi connectivity index (χ2n) is 4.43. The summed E-state index contributed by atoms with van der Waals surface area (Å²) in [6.07, 6.45) is 4.79. The zero-order valence-corrected chi connectivity index (χ0v) is 11.8. The van der Waals surface area contributed by atoms with Crippen molar-refractivity contribution in [2.24, 2.45) is 5.41 Å². The average molecular weight is 286 g/mol. The van der Waals surface area contributed by atoms with E-state index in [9.17, 15) is 14.4 Å². The van der Waals surface area contributed by atoms with E-state index in [4.69, 9.17) is 11.5 Å². The molecule has 0 heterocycles. The molecule has 0 rings (SSSR count). The van der Waals surface area contributed by atoms with Gasteiger partial charge in [-0.3, -0.25) is 14.9 Å². The third kappa shape index (κ3) is 8.11. The summed E-state index contributed by atoms with van der Waals surface area (Å²) in [5, 5.41) is 13.4. The molecule has 106 valence electrons. The Hall–Kier alpha value is -1.68. The molecule has 0 aliphatic rings. The molecular weight excluding hydrogens is 268 g/mol. The van der Waals surface area contributed by atoms with Gasteiger partial charge in [0.2, 0.25) is 5.91 Å². The fourth-order valence-corrected chi connectivity index (χ4v) is 1.57. The number of nitrogens with one attached hydrogen (secondary N) is 2. The van der Waals surface area contributed by atoms with E-state index in [1.165, 1.54) is 25.6 Å². The van der Waals surface area contributed by atoms with Gasteiger partial charge < -0.3 is 10.4 Å². The second-order valence-corrected chi connectivity index (χ2v) is 5.53. The highest BCUT2D eigenvalue weighted by Gasteiger charge is 2.30. The molecule has 0 aromatic rings. The first kappa shape index (κ1) is 17.3. The topological polar surface area (TPSA) is 95.5 Å². The number of urea groups is 1. The van der Waals surface area contributed by atoms with Crippen molar-refractivity contribution < 1.29 is 19.5 Å². The first-order valence-electron chi connectivity index (χ1n) is 5.62. The average Bonchev–Trinajstić information content (AvgIpc) is 2.27. The van der Waals surface area contributed by atoms with E-state index in [1.54, 1.807) is 0 Å². The van der Waals surface area contributed by atoms with E-state index in [-0.39, 0.29) is 6.42 Å². The summed E-state index contributed by atoms with van der Waals surface area (Å²) in [5.41, 5.74) is -1.20. The van der Waals surface area contributed by atoms with Crippen LogP contribution in [0.4, 0.5) is 4.79 Å². The number of rotatable bonds is 7. The van der Waals surface area contributed by atoms with Crippen LogP contribution in [0.25, 0.3) is 0 Å². The summed E-state index contributed by atoms with van der Waals surface area (Å²) in [6, 6.07) is -0.632. The Morgan fingerprint density at radius 3 is 2.53 bits per heavy atom. The molecule has 0 radical (unpaired) electrons. The van der Waals surface area contributed by atoms with Crippen LogP contribution < -0.4 is 10.6 Å². The van der Waals surface area contributed by atoms with Crippen LogP contribution in [-0.4, -0.2) is 41.1 Å². The number of carbonyl (C=O) groups excluding carboxylic acids is 2. The molecule has 3 amide bonds. The minimum absolute atomic E-state index is 0.262. The summed E-state index contributed by atoms with van der Waals surface area (Å²) in [6.45, 7) is 3.22. The SMILES string of the molecule is C#CCSCCNC(=O)NC(=O)CC(C)(C)C(=O)O. The number of amides is 3. The molecule has 0 bridgehead atoms. The number of thioether (sulfide) groups is 1. The Bertz CT molecular complexity index is 388. The quantitative estimate of drug-likeness (QED) is 0.472. The van der Waals surface area contributed by atoms with Crippen molar-refractivity contribution >= 4 is 29.7 Å². The molecule has 0 aromatic carbocycles. The fourth-order valence-electron chi connectivity index (χ4n) is 1.06. The first-order chi connectivity index (χ1) is 8.79. The van der Waals surface area contributed by atoms with Gasteiger partial charge in [-0.05, 0) is 13.8 Å². The number of hydrogen-bond acceptors (Lipinski definition) is 4. The smallest absolute Gasteiger partial charge is 0.321 e. The lowest BCUT2D eigenvalue weighted by molar-refractivity contribution is -0.149. The van der Waals surface area contributed by atoms with Crippen molar-refractivity contribution in [3.63, 3.8) is 0 Å². The molecule has 0 aromatic heterocycles. The maximum atomic E-state index is 11.4. The van der Waals surface area contributed by atoms with Crippen LogP contribution in [0, 0.1) is 17.8 Å². The highest BCUT2D eigenvalue weighted by atomic mass is 32.2. The summed E-state index contributed by atoms with van der Waals surface area (Å²) in [5.74, 6) is 1.95. The van der Waals surface area contributed by atoms with Gasteiger partial charge in [0, 0.05) is 18.7 Å². The lowest BCUT2D eigenvalue weighted by Crippen LogP contribution is -2.42. The van der Waals surface area contributed by atoms with Gasteiger partial charge in [0.25, 0.3) is 0 Å². The monoisotopic (exact) mass is 286 g/mol. The Balaban J connectivity index is 3.91. The van der Waals surface area contributed by atoms with Crippen LogP contribution in [0.15, 0.2) is 0 Å². The van der Waals surface area contributed by atoms with E-state index in [2.05, 4.69) is 16.6 Å². The Morgan fingerprint density at radius 2 is 2.00 bits per heavy atom. The number of aliphatic carboxylic acids is 1. The van der Waals surface area contributed by atoms with Crippen LogP contribution in [-0.2, 0) is 9.59 Å². The highest BCUT2D eigenvalue weighted by Crippen LogP contribution is 2.19. The standard InChI is InChI=1S/C12H18N2O4S/c1-4-6-19-7-5-13-11(18)14-9(15)8-12(2,3)10(16)17/h1H,5-8H2,2-3H3,(H,16,17)(H2,13,14,15,18). The molecule has 0 saturated carbocycles. The summed E-state index contributed by atoms with van der Waals surface area (Å²) >= 11 is 1.49. The summed E-state index contributed by atoms with van der Waals surface area (Å²) < 4.78 is 0. The number of imide groups is 1. The number of carboxylic acid groups (broad SMARTS) is 1. The first-order valence-corrected chi connectivity index (χ1v) is 6.77. The molecule has 3 N–H and O–H groups in total. The predicted octanol–water partition coefficient (Wildman–Crippen LogP) is 0.679. The minimum atomic E-state index is -1.20. The van der Waals surface area contributed by atoms with Crippen LogP contribution in [0.2, 0.25) is 0 Å². The van der Waals surface area contributed by atoms with Crippen LogP contribution >= 0.6 is 11.8 Å². The molecule has 7 heteroatoms. The van der Waals surface area contributed by atoms with Gasteiger partial charge in [-0.15, -0.1) is 18.2 Å². The molecule has 6 nitrogen and oxygen atoms in total. The second kappa shape index (κ2) is 8.43. The van der Waals surface area contributed by atoms with E-state index >= 15 is 0 Å². The van der Waals surface area contributed by atoms with E-state index in [0.29, 0.717) is 18.1 Å². The van der Waals surface area contributed by atoms with Gasteiger partial charge in [0.1, 0.15) is 0 Å². The number of carbonyl (C=O) groups is 3. The number of terminal acetylenes is 1. The third-order valence-corrected chi connectivity index (χ3v) is 3.02. The van der Waals surface area contributed by atoms with E-state index < -0.39 is 23.3 Å². The third-order valence-electron chi connectivity index (χ3n) is 2.15. The molecule has 0 saturated heterocycles. The molecule has 0 atom stereocenters. The van der Waals surface area contributed by atoms with Gasteiger partial charge in [0.05, 0.1) is 11.2 Å². The lowest BCUT2D eigenvalue weighted by Gasteiger charge is -2.17. The van der Waals surface area contributed by atoms with Gasteiger partial charge in [0.15, 0.2) is 0 Å². The lowest BCUT2D eigenvalue weighted by atomic mass is 9.89. The van der Waals surface area contributed by atoms with E-state index in [1.807, 2.05) is 0 Å². The maximum absolute atomic E-state index is 11.4. The molecule has 0 aliphatic carbocycles. The van der Waals surface area contributed by atoms with Gasteiger partial charge in [-0.25, -0.2) is 4.79 Å². The summed E-state index contributed by atoms with van der Waals surface area (Å²) in [4.78, 5) is 33.6. The molecule has 0 fully saturated rings. The van der Waals surface area contributed by atoms with E-state index in [0.717, 1.165) is 0 Å². The molecule has 0 spiro atoms. The maximum Gasteiger partial charge on any atom is 0.321 e.